The summed E-state index contributed by atoms with van der Waals surface area (Å²) in [6.07, 6.45) is -0.761. The van der Waals surface area contributed by atoms with Gasteiger partial charge in [0.25, 0.3) is 0 Å². The molecule has 6 nitrogen and oxygen atoms in total. The number of phenolic OH excluding ortho intramolecular Hbond substituents is 1. The summed E-state index contributed by atoms with van der Waals surface area (Å²) >= 11 is 0. The summed E-state index contributed by atoms with van der Waals surface area (Å²) in [5, 5.41) is 21.7. The van der Waals surface area contributed by atoms with Gasteiger partial charge in [-0.25, -0.2) is 4.79 Å². The Balaban J connectivity index is 2.34. The Bertz CT molecular complexity index is 733. The van der Waals surface area contributed by atoms with Crippen LogP contribution in [0, 0.1) is 6.92 Å². The molecular formula is C15H17NO5. The van der Waals surface area contributed by atoms with Gasteiger partial charge < -0.3 is 19.9 Å². The van der Waals surface area contributed by atoms with Gasteiger partial charge in [-0.15, -0.1) is 0 Å². The predicted octanol–water partition coefficient (Wildman–Crippen LogP) is 0.847. The Kier molecular flexibility index (Phi) is 4.28. The van der Waals surface area contributed by atoms with Gasteiger partial charge in [0.1, 0.15) is 11.3 Å². The third kappa shape index (κ3) is 3.41. The quantitative estimate of drug-likeness (QED) is 0.725. The molecule has 1 unspecified atom stereocenters. The largest absolute Gasteiger partial charge is 0.508 e. The van der Waals surface area contributed by atoms with Crippen molar-refractivity contribution in [3.8, 4) is 5.75 Å². The number of hydrogen-bond donors (Lipinski definition) is 3. The van der Waals surface area contributed by atoms with Crippen molar-refractivity contribution in [2.45, 2.75) is 26.4 Å². The molecule has 3 N–H and O–H groups in total. The third-order valence-corrected chi connectivity index (χ3v) is 3.20. The molecule has 0 fully saturated rings. The molecule has 2 rings (SSSR count). The molecule has 0 spiro atoms. The summed E-state index contributed by atoms with van der Waals surface area (Å²) in [6, 6.07) is 4.49. The van der Waals surface area contributed by atoms with E-state index in [0.717, 1.165) is 0 Å². The van der Waals surface area contributed by atoms with Crippen molar-refractivity contribution in [2.24, 2.45) is 0 Å². The van der Waals surface area contributed by atoms with Gasteiger partial charge in [-0.1, -0.05) is 0 Å². The molecule has 0 aliphatic rings. The van der Waals surface area contributed by atoms with Crippen molar-refractivity contribution in [1.82, 2.24) is 5.32 Å². The van der Waals surface area contributed by atoms with Crippen LogP contribution < -0.4 is 10.9 Å². The minimum atomic E-state index is -0.647. The molecule has 0 saturated heterocycles. The van der Waals surface area contributed by atoms with E-state index >= 15 is 0 Å². The van der Waals surface area contributed by atoms with E-state index in [0.29, 0.717) is 10.9 Å². The number of nitrogens with one attached hydrogen (secondary N) is 1. The van der Waals surface area contributed by atoms with Crippen LogP contribution in [-0.2, 0) is 11.2 Å². The number of fused-ring (bicyclic) bond motifs is 1. The van der Waals surface area contributed by atoms with Gasteiger partial charge in [-0.05, 0) is 31.5 Å². The molecule has 0 aliphatic carbocycles. The molecule has 1 amide bonds. The normalized spacial score (nSPS) is 12.3. The molecule has 6 heteroatoms. The first-order chi connectivity index (χ1) is 9.88. The Morgan fingerprint density at radius 3 is 2.81 bits per heavy atom. The first-order valence-electron chi connectivity index (χ1n) is 6.58. The van der Waals surface area contributed by atoms with E-state index in [9.17, 15) is 14.7 Å². The van der Waals surface area contributed by atoms with Gasteiger partial charge in [-0.2, -0.15) is 0 Å². The highest BCUT2D eigenvalue weighted by atomic mass is 16.4. The fourth-order valence-corrected chi connectivity index (χ4v) is 2.07. The fraction of sp³-hybridized carbons (Fsp3) is 0.333. The van der Waals surface area contributed by atoms with E-state index < -0.39 is 11.7 Å². The van der Waals surface area contributed by atoms with Gasteiger partial charge in [0.15, 0.2) is 0 Å². The Hall–Kier alpha value is -2.34. The van der Waals surface area contributed by atoms with Crippen LogP contribution in [-0.4, -0.2) is 28.8 Å². The molecule has 0 saturated carbocycles. The maximum absolute atomic E-state index is 12.0. The van der Waals surface area contributed by atoms with Crippen LogP contribution in [0.25, 0.3) is 11.0 Å². The van der Waals surface area contributed by atoms with Gasteiger partial charge in [-0.3, -0.25) is 4.79 Å². The van der Waals surface area contributed by atoms with Crippen LogP contribution in [0.4, 0.5) is 0 Å². The van der Waals surface area contributed by atoms with Crippen LogP contribution >= 0.6 is 0 Å². The van der Waals surface area contributed by atoms with Crippen molar-refractivity contribution in [3.05, 3.63) is 39.7 Å². The van der Waals surface area contributed by atoms with Crippen LogP contribution in [0.3, 0.4) is 0 Å². The maximum atomic E-state index is 12.0. The van der Waals surface area contributed by atoms with Crippen molar-refractivity contribution in [3.63, 3.8) is 0 Å². The Labute approximate surface area is 121 Å². The average molecular weight is 291 g/mol. The van der Waals surface area contributed by atoms with E-state index in [2.05, 4.69) is 5.32 Å². The Morgan fingerprint density at radius 2 is 2.14 bits per heavy atom. The van der Waals surface area contributed by atoms with Gasteiger partial charge >= 0.3 is 5.63 Å². The molecule has 0 bridgehead atoms. The van der Waals surface area contributed by atoms with E-state index in [-0.39, 0.29) is 35.8 Å². The fourth-order valence-electron chi connectivity index (χ4n) is 2.07. The van der Waals surface area contributed by atoms with E-state index in [4.69, 9.17) is 9.52 Å². The first-order valence-corrected chi connectivity index (χ1v) is 6.58. The summed E-state index contributed by atoms with van der Waals surface area (Å²) in [5.74, 6) is -0.350. The molecular weight excluding hydrogens is 274 g/mol. The molecule has 1 aromatic heterocycles. The summed E-state index contributed by atoms with van der Waals surface area (Å²) in [5.41, 5.74) is 0.605. The number of aliphatic hydroxyl groups is 1. The number of carbonyl (C=O) groups excluding carboxylic acids is 1. The first kappa shape index (κ1) is 15.1. The highest BCUT2D eigenvalue weighted by molar-refractivity contribution is 5.85. The number of carbonyl (C=O) groups is 1. The molecule has 21 heavy (non-hydrogen) atoms. The Morgan fingerprint density at radius 1 is 1.43 bits per heavy atom. The molecule has 2 aromatic rings. The standard InChI is InChI=1S/C15H17NO5/c1-8(17)7-16-14(19)6-12-9(2)11-4-3-10(18)5-13(11)21-15(12)20/h3-5,8,17-18H,6-7H2,1-2H3,(H,16,19). The van der Waals surface area contributed by atoms with Crippen LogP contribution in [0.5, 0.6) is 5.75 Å². The third-order valence-electron chi connectivity index (χ3n) is 3.20. The second kappa shape index (κ2) is 5.97. The minimum Gasteiger partial charge on any atom is -0.508 e. The van der Waals surface area contributed by atoms with Crippen molar-refractivity contribution >= 4 is 16.9 Å². The van der Waals surface area contributed by atoms with Crippen LogP contribution in [0.15, 0.2) is 27.4 Å². The number of amides is 1. The number of hydrogen-bond acceptors (Lipinski definition) is 5. The smallest absolute Gasteiger partial charge is 0.340 e. The minimum absolute atomic E-state index is 0.00692. The second-order valence-corrected chi connectivity index (χ2v) is 5.00. The average Bonchev–Trinajstić information content (AvgIpc) is 2.40. The van der Waals surface area contributed by atoms with Gasteiger partial charge in [0, 0.05) is 18.0 Å². The molecule has 1 heterocycles. The molecule has 112 valence electrons. The highest BCUT2D eigenvalue weighted by Crippen LogP contribution is 2.23. The maximum Gasteiger partial charge on any atom is 0.340 e. The molecule has 1 aromatic carbocycles. The zero-order valence-corrected chi connectivity index (χ0v) is 11.8. The van der Waals surface area contributed by atoms with Crippen molar-refractivity contribution in [1.29, 1.82) is 0 Å². The highest BCUT2D eigenvalue weighted by Gasteiger charge is 2.15. The number of aliphatic hydroxyl groups excluding tert-OH is 1. The number of aryl methyl sites for hydroxylation is 1. The molecule has 0 aliphatic heterocycles. The lowest BCUT2D eigenvalue weighted by atomic mass is 10.0. The molecule has 1 atom stereocenters. The predicted molar refractivity (Wildman–Crippen MR) is 77.3 cm³/mol. The zero-order chi connectivity index (χ0) is 15.6. The summed E-state index contributed by atoms with van der Waals surface area (Å²) < 4.78 is 5.14. The van der Waals surface area contributed by atoms with E-state index in [1.165, 1.54) is 12.1 Å². The van der Waals surface area contributed by atoms with E-state index in [1.807, 2.05) is 0 Å². The SMILES string of the molecule is Cc1c(CC(=O)NCC(C)O)c(=O)oc2cc(O)ccc12. The lowest BCUT2D eigenvalue weighted by Crippen LogP contribution is -2.33. The summed E-state index contributed by atoms with van der Waals surface area (Å²) in [7, 11) is 0. The number of benzene rings is 1. The number of rotatable bonds is 4. The summed E-state index contributed by atoms with van der Waals surface area (Å²) in [6.45, 7) is 3.42. The van der Waals surface area contributed by atoms with E-state index in [1.54, 1.807) is 19.9 Å². The summed E-state index contributed by atoms with van der Waals surface area (Å²) in [4.78, 5) is 23.7. The zero-order valence-electron chi connectivity index (χ0n) is 11.8. The van der Waals surface area contributed by atoms with Gasteiger partial charge in [0.05, 0.1) is 18.1 Å². The molecule has 0 radical (unpaired) electrons. The number of phenols is 1. The van der Waals surface area contributed by atoms with Crippen molar-refractivity contribution < 1.29 is 19.4 Å². The lowest BCUT2D eigenvalue weighted by Gasteiger charge is -2.09. The van der Waals surface area contributed by atoms with Crippen LogP contribution in [0.1, 0.15) is 18.1 Å². The van der Waals surface area contributed by atoms with Crippen LogP contribution in [0.2, 0.25) is 0 Å². The topological polar surface area (TPSA) is 99.8 Å². The van der Waals surface area contributed by atoms with Crippen molar-refractivity contribution in [2.75, 3.05) is 6.54 Å². The van der Waals surface area contributed by atoms with Gasteiger partial charge in [0.2, 0.25) is 5.91 Å². The second-order valence-electron chi connectivity index (χ2n) is 5.00. The lowest BCUT2D eigenvalue weighted by molar-refractivity contribution is -0.120. The monoisotopic (exact) mass is 291 g/mol. The number of aromatic hydroxyl groups is 1.